The number of hydrogen-bond acceptors (Lipinski definition) is 3. The Balaban J connectivity index is 3.64. The molecule has 8 heteroatoms. The van der Waals surface area contributed by atoms with Gasteiger partial charge in [0.1, 0.15) is 6.54 Å². The summed E-state index contributed by atoms with van der Waals surface area (Å²) >= 11 is 0. The molecule has 0 rings (SSSR count). The summed E-state index contributed by atoms with van der Waals surface area (Å²) in [5.74, 6) is -0.941. The SMILES string of the molecule is CC(C)(C)NC(=O)CCNCC(=O)NCC(F)(F)F. The van der Waals surface area contributed by atoms with Gasteiger partial charge in [0.15, 0.2) is 0 Å². The number of alkyl halides is 3. The lowest BCUT2D eigenvalue weighted by Gasteiger charge is -2.20. The molecule has 0 aliphatic carbocycles. The van der Waals surface area contributed by atoms with E-state index in [9.17, 15) is 22.8 Å². The van der Waals surface area contributed by atoms with Gasteiger partial charge in [0.05, 0.1) is 6.54 Å². The Morgan fingerprint density at radius 3 is 2.11 bits per heavy atom. The van der Waals surface area contributed by atoms with Gasteiger partial charge >= 0.3 is 6.18 Å². The summed E-state index contributed by atoms with van der Waals surface area (Å²) in [6.45, 7) is 4.13. The molecule has 0 radical (unpaired) electrons. The second-order valence-electron chi connectivity index (χ2n) is 5.12. The lowest BCUT2D eigenvalue weighted by atomic mass is 10.1. The van der Waals surface area contributed by atoms with Crippen molar-refractivity contribution in [3.05, 3.63) is 0 Å². The third kappa shape index (κ3) is 12.9. The van der Waals surface area contributed by atoms with Crippen molar-refractivity contribution in [1.29, 1.82) is 0 Å². The van der Waals surface area contributed by atoms with E-state index in [4.69, 9.17) is 0 Å². The highest BCUT2D eigenvalue weighted by atomic mass is 19.4. The molecule has 0 aromatic carbocycles. The van der Waals surface area contributed by atoms with Gasteiger partial charge in [0, 0.05) is 18.5 Å². The van der Waals surface area contributed by atoms with E-state index in [2.05, 4.69) is 10.6 Å². The predicted octanol–water partition coefficient (Wildman–Crippen LogP) is 0.559. The highest BCUT2D eigenvalue weighted by molar-refractivity contribution is 5.78. The van der Waals surface area contributed by atoms with Crippen LogP contribution in [0.15, 0.2) is 0 Å². The number of carbonyl (C=O) groups excluding carboxylic acids is 2. The van der Waals surface area contributed by atoms with Gasteiger partial charge in [-0.15, -0.1) is 0 Å². The van der Waals surface area contributed by atoms with Crippen LogP contribution in [-0.2, 0) is 9.59 Å². The maximum atomic E-state index is 11.8. The standard InChI is InChI=1S/C11H20F3N3O2/c1-10(2,3)17-8(18)4-5-15-6-9(19)16-7-11(12,13)14/h15H,4-7H2,1-3H3,(H,16,19)(H,17,18). The summed E-state index contributed by atoms with van der Waals surface area (Å²) in [5, 5.41) is 7.04. The van der Waals surface area contributed by atoms with Gasteiger partial charge in [-0.05, 0) is 20.8 Å². The van der Waals surface area contributed by atoms with Gasteiger partial charge in [0.25, 0.3) is 0 Å². The maximum Gasteiger partial charge on any atom is 0.405 e. The van der Waals surface area contributed by atoms with Gasteiger partial charge in [-0.1, -0.05) is 0 Å². The summed E-state index contributed by atoms with van der Waals surface area (Å²) in [4.78, 5) is 22.3. The first-order valence-corrected chi connectivity index (χ1v) is 5.85. The number of carbonyl (C=O) groups is 2. The summed E-state index contributed by atoms with van der Waals surface area (Å²) < 4.78 is 35.3. The van der Waals surface area contributed by atoms with Crippen molar-refractivity contribution in [2.24, 2.45) is 0 Å². The lowest BCUT2D eigenvalue weighted by Crippen LogP contribution is -2.43. The lowest BCUT2D eigenvalue weighted by molar-refractivity contribution is -0.137. The van der Waals surface area contributed by atoms with Crippen molar-refractivity contribution >= 4 is 11.8 Å². The second kappa shape index (κ2) is 7.32. The molecule has 2 amide bonds. The van der Waals surface area contributed by atoms with Crippen LogP contribution in [0.25, 0.3) is 0 Å². The monoisotopic (exact) mass is 283 g/mol. The summed E-state index contributed by atoms with van der Waals surface area (Å²) in [6, 6.07) is 0. The molecular formula is C11H20F3N3O2. The summed E-state index contributed by atoms with van der Waals surface area (Å²) in [7, 11) is 0. The van der Waals surface area contributed by atoms with Crippen LogP contribution >= 0.6 is 0 Å². The molecule has 0 aliphatic rings. The first-order valence-electron chi connectivity index (χ1n) is 5.85. The fourth-order valence-electron chi connectivity index (χ4n) is 1.15. The second-order valence-corrected chi connectivity index (χ2v) is 5.12. The van der Waals surface area contributed by atoms with E-state index in [1.165, 1.54) is 0 Å². The van der Waals surface area contributed by atoms with Crippen LogP contribution in [0.4, 0.5) is 13.2 Å². The Morgan fingerprint density at radius 1 is 1.05 bits per heavy atom. The van der Waals surface area contributed by atoms with E-state index in [1.807, 2.05) is 20.8 Å². The Morgan fingerprint density at radius 2 is 1.63 bits per heavy atom. The third-order valence-electron chi connectivity index (χ3n) is 1.81. The first-order chi connectivity index (χ1) is 8.49. The van der Waals surface area contributed by atoms with E-state index in [1.54, 1.807) is 5.32 Å². The highest BCUT2D eigenvalue weighted by Gasteiger charge is 2.27. The largest absolute Gasteiger partial charge is 0.405 e. The van der Waals surface area contributed by atoms with Gasteiger partial charge in [-0.2, -0.15) is 13.2 Å². The van der Waals surface area contributed by atoms with Gasteiger partial charge < -0.3 is 16.0 Å². The minimum Gasteiger partial charge on any atom is -0.351 e. The molecule has 0 aromatic rings. The van der Waals surface area contributed by atoms with Crippen molar-refractivity contribution in [2.75, 3.05) is 19.6 Å². The fourth-order valence-corrected chi connectivity index (χ4v) is 1.15. The topological polar surface area (TPSA) is 70.2 Å². The molecule has 0 saturated carbocycles. The third-order valence-corrected chi connectivity index (χ3v) is 1.81. The molecule has 0 bridgehead atoms. The van der Waals surface area contributed by atoms with Gasteiger partial charge in [-0.25, -0.2) is 0 Å². The van der Waals surface area contributed by atoms with Crippen LogP contribution in [0.1, 0.15) is 27.2 Å². The average Bonchev–Trinajstić information content (AvgIpc) is 2.18. The molecule has 5 nitrogen and oxygen atoms in total. The quantitative estimate of drug-likeness (QED) is 0.624. The zero-order valence-electron chi connectivity index (χ0n) is 11.3. The van der Waals surface area contributed by atoms with Crippen LogP contribution in [-0.4, -0.2) is 43.2 Å². The summed E-state index contributed by atoms with van der Waals surface area (Å²) in [6.07, 6.45) is -4.26. The van der Waals surface area contributed by atoms with Crippen molar-refractivity contribution in [1.82, 2.24) is 16.0 Å². The number of halogens is 3. The van der Waals surface area contributed by atoms with E-state index in [0.717, 1.165) is 0 Å². The van der Waals surface area contributed by atoms with E-state index >= 15 is 0 Å². The van der Waals surface area contributed by atoms with Gasteiger partial charge in [0.2, 0.25) is 11.8 Å². The molecule has 0 aliphatic heterocycles. The number of amides is 2. The van der Waals surface area contributed by atoms with Crippen molar-refractivity contribution in [3.63, 3.8) is 0 Å². The molecule has 0 unspecified atom stereocenters. The Hall–Kier alpha value is -1.31. The maximum absolute atomic E-state index is 11.8. The normalized spacial score (nSPS) is 12.1. The smallest absolute Gasteiger partial charge is 0.351 e. The number of nitrogens with one attached hydrogen (secondary N) is 3. The van der Waals surface area contributed by atoms with Crippen LogP contribution in [0.2, 0.25) is 0 Å². The van der Waals surface area contributed by atoms with E-state index < -0.39 is 18.6 Å². The highest BCUT2D eigenvalue weighted by Crippen LogP contribution is 2.11. The average molecular weight is 283 g/mol. The minimum atomic E-state index is -4.41. The molecule has 0 aromatic heterocycles. The first kappa shape index (κ1) is 17.7. The molecule has 0 spiro atoms. The molecule has 112 valence electrons. The van der Waals surface area contributed by atoms with Crippen LogP contribution in [0.5, 0.6) is 0 Å². The molecule has 0 heterocycles. The Kier molecular flexibility index (Phi) is 6.82. The molecular weight excluding hydrogens is 263 g/mol. The molecule has 3 N–H and O–H groups in total. The van der Waals surface area contributed by atoms with Crippen LogP contribution in [0.3, 0.4) is 0 Å². The van der Waals surface area contributed by atoms with E-state index in [0.29, 0.717) is 0 Å². The van der Waals surface area contributed by atoms with Crippen LogP contribution < -0.4 is 16.0 Å². The fraction of sp³-hybridized carbons (Fsp3) is 0.818. The molecule has 19 heavy (non-hydrogen) atoms. The Labute approximate surface area is 110 Å². The van der Waals surface area contributed by atoms with E-state index in [-0.39, 0.29) is 31.0 Å². The summed E-state index contributed by atoms with van der Waals surface area (Å²) in [5.41, 5.74) is -0.332. The zero-order chi connectivity index (χ0) is 15.1. The van der Waals surface area contributed by atoms with Gasteiger partial charge in [-0.3, -0.25) is 9.59 Å². The zero-order valence-corrected chi connectivity index (χ0v) is 11.3. The Bertz CT molecular complexity index is 311. The van der Waals surface area contributed by atoms with Crippen LogP contribution in [0, 0.1) is 0 Å². The predicted molar refractivity (Wildman–Crippen MR) is 64.4 cm³/mol. The minimum absolute atomic E-state index is 0.157. The molecule has 0 saturated heterocycles. The molecule has 0 fully saturated rings. The van der Waals surface area contributed by atoms with Crippen molar-refractivity contribution in [3.8, 4) is 0 Å². The van der Waals surface area contributed by atoms with Crippen molar-refractivity contribution in [2.45, 2.75) is 38.9 Å². The molecule has 0 atom stereocenters. The number of rotatable bonds is 6. The van der Waals surface area contributed by atoms with Crippen molar-refractivity contribution < 1.29 is 22.8 Å². The number of hydrogen-bond donors (Lipinski definition) is 3.